The molecule has 0 saturated heterocycles. The highest BCUT2D eigenvalue weighted by Crippen LogP contribution is 2.15. The van der Waals surface area contributed by atoms with E-state index in [4.69, 9.17) is 5.73 Å². The number of aryl methyl sites for hydroxylation is 1. The van der Waals surface area contributed by atoms with Gasteiger partial charge in [-0.15, -0.1) is 0 Å². The average Bonchev–Trinajstić information content (AvgIpc) is 2.19. The van der Waals surface area contributed by atoms with Crippen LogP contribution in [0.1, 0.15) is 31.9 Å². The van der Waals surface area contributed by atoms with E-state index in [9.17, 15) is 0 Å². The summed E-state index contributed by atoms with van der Waals surface area (Å²) in [5.41, 5.74) is 9.20. The molecule has 0 aliphatic rings. The molecule has 1 aromatic carbocycles. The molecule has 0 atom stereocenters. The standard InChI is InChI=1S/C13H22N2/c1-5-15(10(2)3)9-12-6-7-13(14)11(4)8-12/h6-8,10H,5,9,14H2,1-4H3. The van der Waals surface area contributed by atoms with Gasteiger partial charge >= 0.3 is 0 Å². The lowest BCUT2D eigenvalue weighted by Gasteiger charge is -2.25. The lowest BCUT2D eigenvalue weighted by atomic mass is 10.1. The molecule has 0 unspecified atom stereocenters. The van der Waals surface area contributed by atoms with Crippen LogP contribution in [0.4, 0.5) is 5.69 Å². The first-order chi connectivity index (χ1) is 7.04. The molecule has 2 heteroatoms. The topological polar surface area (TPSA) is 29.3 Å². The van der Waals surface area contributed by atoms with Crippen LogP contribution in [0, 0.1) is 6.92 Å². The van der Waals surface area contributed by atoms with Crippen LogP contribution in [0.15, 0.2) is 18.2 Å². The molecule has 0 aliphatic heterocycles. The third-order valence-corrected chi connectivity index (χ3v) is 2.86. The Morgan fingerprint density at radius 2 is 2.00 bits per heavy atom. The van der Waals surface area contributed by atoms with E-state index >= 15 is 0 Å². The van der Waals surface area contributed by atoms with Gasteiger partial charge in [-0.2, -0.15) is 0 Å². The maximum Gasteiger partial charge on any atom is 0.0343 e. The quantitative estimate of drug-likeness (QED) is 0.768. The molecule has 0 radical (unpaired) electrons. The van der Waals surface area contributed by atoms with Gasteiger partial charge in [0.05, 0.1) is 0 Å². The van der Waals surface area contributed by atoms with Crippen LogP contribution < -0.4 is 5.73 Å². The van der Waals surface area contributed by atoms with E-state index in [2.05, 4.69) is 44.7 Å². The Kier molecular flexibility index (Phi) is 4.15. The van der Waals surface area contributed by atoms with Gasteiger partial charge in [-0.1, -0.05) is 19.1 Å². The summed E-state index contributed by atoms with van der Waals surface area (Å²) in [6, 6.07) is 6.89. The zero-order valence-electron chi connectivity index (χ0n) is 10.2. The number of nitrogens with zero attached hydrogens (tertiary/aromatic N) is 1. The normalized spacial score (nSPS) is 11.3. The number of rotatable bonds is 4. The minimum absolute atomic E-state index is 0.591. The molecular formula is C13H22N2. The molecule has 0 bridgehead atoms. The Bertz CT molecular complexity index is 318. The minimum Gasteiger partial charge on any atom is -0.399 e. The molecule has 0 heterocycles. The van der Waals surface area contributed by atoms with Gasteiger partial charge in [0.15, 0.2) is 0 Å². The van der Waals surface area contributed by atoms with Gasteiger partial charge in [-0.3, -0.25) is 4.90 Å². The van der Waals surface area contributed by atoms with Crippen molar-refractivity contribution in [3.05, 3.63) is 29.3 Å². The van der Waals surface area contributed by atoms with Crippen LogP contribution >= 0.6 is 0 Å². The lowest BCUT2D eigenvalue weighted by molar-refractivity contribution is 0.225. The maximum absolute atomic E-state index is 5.80. The first-order valence-corrected chi connectivity index (χ1v) is 5.63. The van der Waals surface area contributed by atoms with Crippen molar-refractivity contribution in [1.29, 1.82) is 0 Å². The Balaban J connectivity index is 2.75. The SMILES string of the molecule is CCN(Cc1ccc(N)c(C)c1)C(C)C. The van der Waals surface area contributed by atoms with E-state index in [1.165, 1.54) is 11.1 Å². The largest absolute Gasteiger partial charge is 0.399 e. The van der Waals surface area contributed by atoms with Crippen molar-refractivity contribution >= 4 is 5.69 Å². The highest BCUT2D eigenvalue weighted by Gasteiger charge is 2.07. The molecule has 0 saturated carbocycles. The molecule has 1 rings (SSSR count). The molecule has 0 aliphatic carbocycles. The highest BCUT2D eigenvalue weighted by atomic mass is 15.1. The molecule has 2 nitrogen and oxygen atoms in total. The van der Waals surface area contributed by atoms with Gasteiger partial charge in [0.2, 0.25) is 0 Å². The predicted octanol–water partition coefficient (Wildman–Crippen LogP) is 2.81. The molecule has 0 aromatic heterocycles. The van der Waals surface area contributed by atoms with E-state index < -0.39 is 0 Å². The van der Waals surface area contributed by atoms with Crippen LogP contribution in [0.5, 0.6) is 0 Å². The number of hydrogen-bond acceptors (Lipinski definition) is 2. The van der Waals surface area contributed by atoms with Gasteiger partial charge in [0.25, 0.3) is 0 Å². The number of benzene rings is 1. The van der Waals surface area contributed by atoms with Crippen molar-refractivity contribution in [2.24, 2.45) is 0 Å². The third-order valence-electron chi connectivity index (χ3n) is 2.86. The second-order valence-electron chi connectivity index (χ2n) is 4.35. The van der Waals surface area contributed by atoms with Gasteiger partial charge in [0, 0.05) is 18.3 Å². The molecule has 1 aromatic rings. The van der Waals surface area contributed by atoms with Crippen molar-refractivity contribution in [3.63, 3.8) is 0 Å². The fourth-order valence-electron chi connectivity index (χ4n) is 1.73. The number of hydrogen-bond donors (Lipinski definition) is 1. The fraction of sp³-hybridized carbons (Fsp3) is 0.538. The van der Waals surface area contributed by atoms with Crippen LogP contribution in [-0.2, 0) is 6.54 Å². The summed E-state index contributed by atoms with van der Waals surface area (Å²) in [6.07, 6.45) is 0. The Hall–Kier alpha value is -1.02. The number of nitrogen functional groups attached to an aromatic ring is 1. The molecular weight excluding hydrogens is 184 g/mol. The van der Waals surface area contributed by atoms with Crippen molar-refractivity contribution in [2.75, 3.05) is 12.3 Å². The van der Waals surface area contributed by atoms with Gasteiger partial charge in [-0.25, -0.2) is 0 Å². The van der Waals surface area contributed by atoms with Crippen molar-refractivity contribution in [3.8, 4) is 0 Å². The smallest absolute Gasteiger partial charge is 0.0343 e. The second-order valence-corrected chi connectivity index (χ2v) is 4.35. The molecule has 0 spiro atoms. The Morgan fingerprint density at radius 1 is 1.33 bits per heavy atom. The van der Waals surface area contributed by atoms with Gasteiger partial charge in [-0.05, 0) is 44.5 Å². The Morgan fingerprint density at radius 3 is 2.47 bits per heavy atom. The van der Waals surface area contributed by atoms with E-state index in [0.29, 0.717) is 6.04 Å². The summed E-state index contributed by atoms with van der Waals surface area (Å²) >= 11 is 0. The molecule has 0 amide bonds. The van der Waals surface area contributed by atoms with Crippen LogP contribution in [0.2, 0.25) is 0 Å². The minimum atomic E-state index is 0.591. The van der Waals surface area contributed by atoms with E-state index in [-0.39, 0.29) is 0 Å². The van der Waals surface area contributed by atoms with E-state index in [1.54, 1.807) is 0 Å². The zero-order valence-corrected chi connectivity index (χ0v) is 10.2. The monoisotopic (exact) mass is 206 g/mol. The molecule has 2 N–H and O–H groups in total. The maximum atomic E-state index is 5.80. The number of nitrogens with two attached hydrogens (primary N) is 1. The summed E-state index contributed by atoms with van der Waals surface area (Å²) in [5.74, 6) is 0. The van der Waals surface area contributed by atoms with Crippen molar-refractivity contribution in [2.45, 2.75) is 40.3 Å². The van der Waals surface area contributed by atoms with Gasteiger partial charge in [0.1, 0.15) is 0 Å². The number of anilines is 1. The van der Waals surface area contributed by atoms with Gasteiger partial charge < -0.3 is 5.73 Å². The summed E-state index contributed by atoms with van der Waals surface area (Å²) in [6.45, 7) is 10.8. The zero-order chi connectivity index (χ0) is 11.4. The summed E-state index contributed by atoms with van der Waals surface area (Å²) < 4.78 is 0. The highest BCUT2D eigenvalue weighted by molar-refractivity contribution is 5.47. The van der Waals surface area contributed by atoms with Crippen molar-refractivity contribution < 1.29 is 0 Å². The van der Waals surface area contributed by atoms with Crippen molar-refractivity contribution in [1.82, 2.24) is 4.90 Å². The second kappa shape index (κ2) is 5.17. The Labute approximate surface area is 93.1 Å². The third kappa shape index (κ3) is 3.24. The van der Waals surface area contributed by atoms with E-state index in [0.717, 1.165) is 18.8 Å². The first-order valence-electron chi connectivity index (χ1n) is 5.63. The van der Waals surface area contributed by atoms with Crippen LogP contribution in [-0.4, -0.2) is 17.5 Å². The predicted molar refractivity (Wildman–Crippen MR) is 66.8 cm³/mol. The van der Waals surface area contributed by atoms with E-state index in [1.807, 2.05) is 6.07 Å². The average molecular weight is 206 g/mol. The summed E-state index contributed by atoms with van der Waals surface area (Å²) in [4.78, 5) is 2.44. The van der Waals surface area contributed by atoms with Crippen LogP contribution in [0.3, 0.4) is 0 Å². The molecule has 84 valence electrons. The first kappa shape index (κ1) is 12.1. The van der Waals surface area contributed by atoms with Crippen LogP contribution in [0.25, 0.3) is 0 Å². The summed E-state index contributed by atoms with van der Waals surface area (Å²) in [7, 11) is 0. The summed E-state index contributed by atoms with van der Waals surface area (Å²) in [5, 5.41) is 0. The lowest BCUT2D eigenvalue weighted by Crippen LogP contribution is -2.29. The molecule has 15 heavy (non-hydrogen) atoms. The molecule has 0 fully saturated rings. The fourth-order valence-corrected chi connectivity index (χ4v) is 1.73.